The molecule has 0 spiro atoms. The lowest BCUT2D eigenvalue weighted by atomic mass is 10.1. The summed E-state index contributed by atoms with van der Waals surface area (Å²) in [6.07, 6.45) is 7.56. The van der Waals surface area contributed by atoms with E-state index in [-0.39, 0.29) is 12.2 Å². The maximum absolute atomic E-state index is 12.7. The highest BCUT2D eigenvalue weighted by Crippen LogP contribution is 2.38. The van der Waals surface area contributed by atoms with Gasteiger partial charge >= 0.3 is 11.9 Å². The van der Waals surface area contributed by atoms with Gasteiger partial charge in [0.1, 0.15) is 11.0 Å². The molecule has 1 amide bonds. The molecule has 1 unspecified atom stereocenters. The van der Waals surface area contributed by atoms with Gasteiger partial charge in [0.15, 0.2) is 0 Å². The van der Waals surface area contributed by atoms with Gasteiger partial charge in [-0.2, -0.15) is 5.10 Å². The average Bonchev–Trinajstić information content (AvgIpc) is 3.20. The van der Waals surface area contributed by atoms with Crippen LogP contribution < -0.4 is 5.32 Å². The number of amides is 1. The smallest absolute Gasteiger partial charge is 0.341 e. The van der Waals surface area contributed by atoms with Crippen molar-refractivity contribution in [3.05, 3.63) is 34.0 Å². The first-order valence-corrected chi connectivity index (χ1v) is 10.1. The number of carbonyl (C=O) groups is 3. The van der Waals surface area contributed by atoms with Gasteiger partial charge in [0.2, 0.25) is 0 Å². The molecular weight excluding hydrogens is 382 g/mol. The number of carboxylic acids is 1. The molecule has 1 aliphatic carbocycles. The summed E-state index contributed by atoms with van der Waals surface area (Å²) in [5.74, 6) is -1.90. The minimum atomic E-state index is -1.04. The van der Waals surface area contributed by atoms with Crippen molar-refractivity contribution in [1.29, 1.82) is 0 Å². The molecule has 2 N–H and O–H groups in total. The minimum absolute atomic E-state index is 0.228. The highest BCUT2D eigenvalue weighted by molar-refractivity contribution is 7.17. The second kappa shape index (κ2) is 8.55. The van der Waals surface area contributed by atoms with Crippen LogP contribution in [0.2, 0.25) is 0 Å². The van der Waals surface area contributed by atoms with E-state index in [4.69, 9.17) is 9.84 Å². The van der Waals surface area contributed by atoms with E-state index in [2.05, 4.69) is 10.4 Å². The number of aromatic nitrogens is 2. The normalized spacial score (nSPS) is 14.6. The number of fused-ring (bicyclic) bond motifs is 1. The van der Waals surface area contributed by atoms with E-state index in [0.29, 0.717) is 10.6 Å². The Morgan fingerprint density at radius 1 is 1.32 bits per heavy atom. The van der Waals surface area contributed by atoms with Crippen LogP contribution in [0, 0.1) is 0 Å². The van der Waals surface area contributed by atoms with E-state index in [9.17, 15) is 14.4 Å². The fourth-order valence-corrected chi connectivity index (χ4v) is 4.48. The van der Waals surface area contributed by atoms with Crippen molar-refractivity contribution in [2.24, 2.45) is 0 Å². The topological polar surface area (TPSA) is 111 Å². The molecule has 2 aromatic heterocycles. The summed E-state index contributed by atoms with van der Waals surface area (Å²) in [5.41, 5.74) is 1.65. The highest BCUT2D eigenvalue weighted by atomic mass is 32.1. The molecule has 2 heterocycles. The predicted octanol–water partition coefficient (Wildman–Crippen LogP) is 3.29. The molecule has 0 radical (unpaired) electrons. The number of thiophene rings is 1. The molecule has 9 heteroatoms. The van der Waals surface area contributed by atoms with Crippen LogP contribution in [0.1, 0.15) is 70.3 Å². The number of carboxylic acid groups (broad SMARTS) is 1. The van der Waals surface area contributed by atoms with Crippen LogP contribution >= 0.6 is 11.3 Å². The summed E-state index contributed by atoms with van der Waals surface area (Å²) in [6.45, 7) is 3.49. The van der Waals surface area contributed by atoms with Crippen molar-refractivity contribution in [3.8, 4) is 0 Å². The van der Waals surface area contributed by atoms with Gasteiger partial charge in [-0.05, 0) is 45.1 Å². The number of rotatable bonds is 6. The molecule has 0 saturated heterocycles. The van der Waals surface area contributed by atoms with Gasteiger partial charge < -0.3 is 15.2 Å². The number of esters is 1. The highest BCUT2D eigenvalue weighted by Gasteiger charge is 2.27. The van der Waals surface area contributed by atoms with E-state index in [0.717, 1.165) is 42.5 Å². The number of aliphatic carboxylic acids is 1. The second-order valence-electron chi connectivity index (χ2n) is 6.67. The van der Waals surface area contributed by atoms with Crippen molar-refractivity contribution < 1.29 is 24.2 Å². The number of hydrogen-bond donors (Lipinski definition) is 2. The zero-order valence-electron chi connectivity index (χ0n) is 15.9. The Labute approximate surface area is 166 Å². The third-order valence-electron chi connectivity index (χ3n) is 4.75. The standard InChI is InChI=1S/C19H23N3O5S/c1-3-27-19(26)15-13-7-5-4-6-8-14(13)28-17(15)21-16(23)12-9-20-22(10-12)11(2)18(24)25/h9-11H,3-8H2,1-2H3,(H,21,23)(H,24,25). The molecule has 0 saturated carbocycles. The van der Waals surface area contributed by atoms with Crippen molar-refractivity contribution in [2.75, 3.05) is 11.9 Å². The van der Waals surface area contributed by atoms with Gasteiger partial charge in [-0.1, -0.05) is 6.42 Å². The van der Waals surface area contributed by atoms with E-state index >= 15 is 0 Å². The lowest BCUT2D eigenvalue weighted by Gasteiger charge is -2.08. The molecule has 1 atom stereocenters. The summed E-state index contributed by atoms with van der Waals surface area (Å²) in [4.78, 5) is 37.4. The van der Waals surface area contributed by atoms with E-state index in [1.807, 2.05) is 0 Å². The zero-order chi connectivity index (χ0) is 20.3. The van der Waals surface area contributed by atoms with Crippen molar-refractivity contribution >= 4 is 34.2 Å². The summed E-state index contributed by atoms with van der Waals surface area (Å²) >= 11 is 1.42. The summed E-state index contributed by atoms with van der Waals surface area (Å²) in [7, 11) is 0. The first kappa shape index (κ1) is 20.1. The lowest BCUT2D eigenvalue weighted by Crippen LogP contribution is -2.17. The van der Waals surface area contributed by atoms with Gasteiger partial charge in [-0.15, -0.1) is 11.3 Å². The van der Waals surface area contributed by atoms with Gasteiger partial charge in [0.25, 0.3) is 5.91 Å². The molecule has 8 nitrogen and oxygen atoms in total. The average molecular weight is 405 g/mol. The molecular formula is C19H23N3O5S. The molecule has 0 aliphatic heterocycles. The van der Waals surface area contributed by atoms with Gasteiger partial charge in [0.05, 0.1) is 23.9 Å². The van der Waals surface area contributed by atoms with Crippen LogP contribution in [0.4, 0.5) is 5.00 Å². The molecule has 150 valence electrons. The molecule has 0 fully saturated rings. The Balaban J connectivity index is 1.88. The van der Waals surface area contributed by atoms with Gasteiger partial charge in [-0.25, -0.2) is 9.59 Å². The molecule has 0 aromatic carbocycles. The number of ether oxygens (including phenoxy) is 1. The van der Waals surface area contributed by atoms with Crippen molar-refractivity contribution in [3.63, 3.8) is 0 Å². The summed E-state index contributed by atoms with van der Waals surface area (Å²) in [5, 5.41) is 16.3. The van der Waals surface area contributed by atoms with Crippen LogP contribution in [0.25, 0.3) is 0 Å². The van der Waals surface area contributed by atoms with Crippen LogP contribution in [0.5, 0.6) is 0 Å². The maximum Gasteiger partial charge on any atom is 0.341 e. The first-order valence-electron chi connectivity index (χ1n) is 9.32. The molecule has 0 bridgehead atoms. The Kier molecular flexibility index (Phi) is 6.13. The number of hydrogen-bond acceptors (Lipinski definition) is 6. The Hall–Kier alpha value is -2.68. The van der Waals surface area contributed by atoms with Gasteiger partial charge in [-0.3, -0.25) is 9.48 Å². The molecule has 2 aromatic rings. The van der Waals surface area contributed by atoms with Gasteiger partial charge in [0, 0.05) is 11.1 Å². The minimum Gasteiger partial charge on any atom is -0.480 e. The predicted molar refractivity (Wildman–Crippen MR) is 104 cm³/mol. The number of anilines is 1. The number of nitrogens with one attached hydrogen (secondary N) is 1. The lowest BCUT2D eigenvalue weighted by molar-refractivity contribution is -0.140. The summed E-state index contributed by atoms with van der Waals surface area (Å²) in [6, 6.07) is -0.880. The van der Waals surface area contributed by atoms with Crippen LogP contribution in [0.15, 0.2) is 12.4 Å². The Morgan fingerprint density at radius 3 is 2.79 bits per heavy atom. The van der Waals surface area contributed by atoms with E-state index < -0.39 is 23.9 Å². The van der Waals surface area contributed by atoms with E-state index in [1.165, 1.54) is 35.3 Å². The summed E-state index contributed by atoms with van der Waals surface area (Å²) < 4.78 is 6.43. The van der Waals surface area contributed by atoms with Crippen molar-refractivity contribution in [1.82, 2.24) is 9.78 Å². The number of nitrogens with zero attached hydrogens (tertiary/aromatic N) is 2. The third-order valence-corrected chi connectivity index (χ3v) is 5.95. The Morgan fingerprint density at radius 2 is 2.07 bits per heavy atom. The zero-order valence-corrected chi connectivity index (χ0v) is 16.7. The third kappa shape index (κ3) is 4.09. The quantitative estimate of drug-likeness (QED) is 0.564. The van der Waals surface area contributed by atoms with Crippen molar-refractivity contribution in [2.45, 2.75) is 52.0 Å². The largest absolute Gasteiger partial charge is 0.480 e. The van der Waals surface area contributed by atoms with Crippen LogP contribution in [0.3, 0.4) is 0 Å². The van der Waals surface area contributed by atoms with Crippen LogP contribution in [-0.4, -0.2) is 39.3 Å². The Bertz CT molecular complexity index is 902. The fraction of sp³-hybridized carbons (Fsp3) is 0.474. The number of aryl methyl sites for hydroxylation is 1. The fourth-order valence-electron chi connectivity index (χ4n) is 3.21. The molecule has 28 heavy (non-hydrogen) atoms. The van der Waals surface area contributed by atoms with E-state index in [1.54, 1.807) is 6.92 Å². The monoisotopic (exact) mass is 405 g/mol. The number of carbonyl (C=O) groups excluding carboxylic acids is 2. The molecule has 3 rings (SSSR count). The maximum atomic E-state index is 12.7. The SMILES string of the molecule is CCOC(=O)c1c(NC(=O)c2cnn(C(C)C(=O)O)c2)sc2c1CCCCC2. The van der Waals surface area contributed by atoms with Crippen LogP contribution in [-0.2, 0) is 22.4 Å². The first-order chi connectivity index (χ1) is 13.4. The molecule has 1 aliphatic rings. The second-order valence-corrected chi connectivity index (χ2v) is 7.77.